The maximum absolute atomic E-state index is 10.7. The predicted molar refractivity (Wildman–Crippen MR) is 465 cm³/mol. The van der Waals surface area contributed by atoms with Crippen LogP contribution in [0.4, 0.5) is 28.4 Å². The molecule has 2 aliphatic heterocycles. The number of aryl methyl sites for hydroxylation is 2. The Morgan fingerprint density at radius 1 is 0.577 bits per heavy atom. The molecule has 14 heteroatoms. The summed E-state index contributed by atoms with van der Waals surface area (Å²) in [6.45, 7) is 56.6. The quantitative estimate of drug-likeness (QED) is 0.0198. The van der Waals surface area contributed by atoms with E-state index in [1.165, 1.54) is 33.7 Å². The van der Waals surface area contributed by atoms with Gasteiger partial charge in [0.15, 0.2) is 5.71 Å². The Balaban J connectivity index is 1.00. The topological polar surface area (TPSA) is 121 Å². The lowest BCUT2D eigenvalue weighted by molar-refractivity contribution is -0.527. The summed E-state index contributed by atoms with van der Waals surface area (Å²) in [7, 11) is 0. The van der Waals surface area contributed by atoms with Crippen LogP contribution in [-0.4, -0.2) is 59.8 Å². The molecule has 4 unspecified atom stereocenters. The van der Waals surface area contributed by atoms with Crippen LogP contribution in [0, 0.1) is 67.6 Å². The molecule has 0 saturated heterocycles. The fourth-order valence-corrected chi connectivity index (χ4v) is 16.2. The summed E-state index contributed by atoms with van der Waals surface area (Å²) in [5.74, 6) is 0.401. The van der Waals surface area contributed by atoms with Crippen molar-refractivity contribution in [1.82, 2.24) is 0 Å². The Morgan fingerprint density at radius 2 is 1.01 bits per heavy atom. The fraction of sp³-hybridized carbons (Fsp3) is 0.351. The number of hydrogen-bond donors (Lipinski definition) is 2. The van der Waals surface area contributed by atoms with Gasteiger partial charge in [-0.25, -0.2) is 31.4 Å². The first-order chi connectivity index (χ1) is 53.5. The maximum atomic E-state index is 10.7. The van der Waals surface area contributed by atoms with Crippen LogP contribution < -0.4 is 25.3 Å². The molecule has 7 aromatic carbocycles. The normalized spacial score (nSPS) is 16.5. The zero-order valence-electron chi connectivity index (χ0n) is 66.7. The second-order valence-electron chi connectivity index (χ2n) is 31.1. The summed E-state index contributed by atoms with van der Waals surface area (Å²) in [5.41, 5.74) is 20.7. The SMILES string of the molecule is [C-]#[N+]/C(C#N)=C(/c1ccc(Cl)cc1)C(C#N)Nc1cc2c(cc1C)N(Cc1ccc(/C(=C\C=C\C(=C3C=CC(=[N+](CCCC)CCCC)C=C3)c3ccc(CN4c5cc(C)c(NC([N+]#[C-])/C(=C(\C#N)[N+]#[C-])c6ccc(Cl)cc6)cc5C(C)CC4(C)C)cc3)c3ccc(N(CCCC)CCCC)cc3)cc1)C(C)(C)CC2C. The summed E-state index contributed by atoms with van der Waals surface area (Å²) < 4.78 is 2.55. The highest BCUT2D eigenvalue weighted by molar-refractivity contribution is 6.31. The lowest BCUT2D eigenvalue weighted by Crippen LogP contribution is -2.47. The molecule has 12 nitrogen and oxygen atoms in total. The van der Waals surface area contributed by atoms with Crippen molar-refractivity contribution in [3.8, 4) is 18.2 Å². The van der Waals surface area contributed by atoms with E-state index in [9.17, 15) is 15.8 Å². The van der Waals surface area contributed by atoms with Gasteiger partial charge in [-0.2, -0.15) is 5.26 Å². The second kappa shape index (κ2) is 38.0. The zero-order valence-corrected chi connectivity index (χ0v) is 68.3. The van der Waals surface area contributed by atoms with Crippen molar-refractivity contribution in [2.75, 3.05) is 51.5 Å². The zero-order chi connectivity index (χ0) is 79.5. The van der Waals surface area contributed by atoms with Crippen LogP contribution >= 0.6 is 23.2 Å². The van der Waals surface area contributed by atoms with Gasteiger partial charge in [-0.1, -0.05) is 194 Å². The molecule has 10 rings (SSSR count). The minimum absolute atomic E-state index is 0.140. The first-order valence-corrected chi connectivity index (χ1v) is 40.1. The molecule has 4 atom stereocenters. The Kier molecular flexibility index (Phi) is 28.2. The Hall–Kier alpha value is -11.1. The molecule has 0 fully saturated rings. The maximum Gasteiger partial charge on any atom is 0.314 e. The number of benzene rings is 7. The van der Waals surface area contributed by atoms with Crippen molar-refractivity contribution < 1.29 is 4.58 Å². The highest BCUT2D eigenvalue weighted by Crippen LogP contribution is 2.49. The minimum Gasteiger partial charge on any atom is -0.372 e. The molecule has 7 aromatic rings. The standard InChI is InChI=1S/C97H105Cl2N12/c1-16-20-51-108(52-21-17-2)80-47-39-74(40-48-80)82(72-31-27-70(28-32-72)64-110-91-55-66(5)86(57-84(91)68(7)59-96(110,9)10)106-90(63-102)93(88(61-100)103-13)76-35-43-78(98)44-36-76)25-24-26-83(75-41-49-81(50-42-75)109(53-22-18-3)54-23-19-4)73-33-29-71(30-34-73)65-111-92-56-67(6)87(58-85(92)69(8)60-97(111,11)12)107-95(105-15)94(89(62-101)104-14)77-37-45-79(99)46-38-77/h24-50,55-58,68-69,90,95,106-107H,16-23,51-54,59-60,64-65H2,1-12H3/q+1/b93-88-,94-89+. The highest BCUT2D eigenvalue weighted by atomic mass is 35.5. The van der Waals surface area contributed by atoms with Crippen LogP contribution in [0.1, 0.15) is 206 Å². The third kappa shape index (κ3) is 19.7. The van der Waals surface area contributed by atoms with Gasteiger partial charge >= 0.3 is 6.17 Å². The average molecular weight is 1510 g/mol. The number of anilines is 5. The first kappa shape index (κ1) is 82.4. The van der Waals surface area contributed by atoms with E-state index in [4.69, 9.17) is 42.9 Å². The number of allylic oxidation sites excluding steroid dienone is 11. The van der Waals surface area contributed by atoms with Gasteiger partial charge in [0.05, 0.1) is 36.9 Å². The van der Waals surface area contributed by atoms with Crippen LogP contribution in [-0.2, 0) is 13.1 Å². The first-order valence-electron chi connectivity index (χ1n) is 39.4. The predicted octanol–water partition coefficient (Wildman–Crippen LogP) is 24.9. The van der Waals surface area contributed by atoms with Gasteiger partial charge in [-0.15, -0.1) is 0 Å². The van der Waals surface area contributed by atoms with Crippen molar-refractivity contribution in [3.63, 3.8) is 0 Å². The lowest BCUT2D eigenvalue weighted by Gasteiger charge is -2.48. The van der Waals surface area contributed by atoms with Crippen LogP contribution in [0.5, 0.6) is 0 Å². The van der Waals surface area contributed by atoms with Crippen molar-refractivity contribution in [2.45, 2.75) is 196 Å². The summed E-state index contributed by atoms with van der Waals surface area (Å²) >= 11 is 12.5. The monoisotopic (exact) mass is 1510 g/mol. The molecule has 0 radical (unpaired) electrons. The van der Waals surface area contributed by atoms with Crippen LogP contribution in [0.15, 0.2) is 205 Å². The van der Waals surface area contributed by atoms with Crippen LogP contribution in [0.2, 0.25) is 10.0 Å². The number of rotatable bonds is 30. The summed E-state index contributed by atoms with van der Waals surface area (Å²) in [6, 6.07) is 55.6. The molecule has 111 heavy (non-hydrogen) atoms. The number of nitrogens with one attached hydrogen (secondary N) is 2. The number of unbranched alkanes of at least 4 members (excludes halogenated alkanes) is 4. The van der Waals surface area contributed by atoms with E-state index in [2.05, 4.69) is 266 Å². The molecule has 2 heterocycles. The Labute approximate surface area is 671 Å². The molecular formula is C97H105Cl2N12+. The summed E-state index contributed by atoms with van der Waals surface area (Å²) in [5, 5.41) is 38.9. The van der Waals surface area contributed by atoms with Gasteiger partial charge in [-0.05, 0) is 230 Å². The van der Waals surface area contributed by atoms with Crippen molar-refractivity contribution in [1.29, 1.82) is 15.8 Å². The molecule has 566 valence electrons. The molecule has 2 N–H and O–H groups in total. The Morgan fingerprint density at radius 3 is 1.45 bits per heavy atom. The molecule has 0 spiro atoms. The van der Waals surface area contributed by atoms with Crippen LogP contribution in [0.25, 0.3) is 36.8 Å². The van der Waals surface area contributed by atoms with Crippen molar-refractivity contribution >= 4 is 79.6 Å². The Bertz CT molecular complexity index is 4970. The number of nitriles is 3. The molecule has 3 aliphatic rings. The lowest BCUT2D eigenvalue weighted by atomic mass is 9.79. The largest absolute Gasteiger partial charge is 0.372 e. The van der Waals surface area contributed by atoms with Gasteiger partial charge in [0.1, 0.15) is 19.1 Å². The smallest absolute Gasteiger partial charge is 0.314 e. The molecule has 0 saturated carbocycles. The molecule has 0 bridgehead atoms. The van der Waals surface area contributed by atoms with E-state index in [1.807, 2.05) is 19.1 Å². The van der Waals surface area contributed by atoms with E-state index in [1.54, 1.807) is 48.5 Å². The van der Waals surface area contributed by atoms with E-state index in [0.717, 1.165) is 158 Å². The third-order valence-corrected chi connectivity index (χ3v) is 22.6. The summed E-state index contributed by atoms with van der Waals surface area (Å²) in [6.07, 6.45) is 25.9. The van der Waals surface area contributed by atoms with E-state index < -0.39 is 12.2 Å². The molecule has 1 aliphatic carbocycles. The van der Waals surface area contributed by atoms with Crippen LogP contribution in [0.3, 0.4) is 0 Å². The highest BCUT2D eigenvalue weighted by Gasteiger charge is 2.40. The van der Waals surface area contributed by atoms with E-state index in [0.29, 0.717) is 45.4 Å². The van der Waals surface area contributed by atoms with Gasteiger partial charge in [0.25, 0.3) is 11.4 Å². The molecule has 0 aromatic heterocycles. The van der Waals surface area contributed by atoms with Gasteiger partial charge in [0.2, 0.25) is 0 Å². The number of halogens is 2. The number of nitrogens with zero attached hydrogens (tertiary/aromatic N) is 10. The van der Waals surface area contributed by atoms with Crippen molar-refractivity contribution in [2.24, 2.45) is 0 Å². The van der Waals surface area contributed by atoms with Gasteiger partial charge < -0.3 is 25.3 Å². The van der Waals surface area contributed by atoms with Gasteiger partial charge in [-0.3, -0.25) is 4.85 Å². The average Bonchev–Trinajstić information content (AvgIpc) is 0.756. The van der Waals surface area contributed by atoms with E-state index in [-0.39, 0.29) is 34.3 Å². The van der Waals surface area contributed by atoms with E-state index >= 15 is 0 Å². The number of fused-ring (bicyclic) bond motifs is 2. The summed E-state index contributed by atoms with van der Waals surface area (Å²) in [4.78, 5) is 18.7. The minimum atomic E-state index is -0.998. The fourth-order valence-electron chi connectivity index (χ4n) is 16.0. The van der Waals surface area contributed by atoms with Gasteiger partial charge in [0, 0.05) is 106 Å². The number of hydrogen-bond acceptors (Lipinski definition) is 8. The molecule has 0 amide bonds. The molecular weight excluding hydrogens is 1400 g/mol. The second-order valence-corrected chi connectivity index (χ2v) is 31.9. The van der Waals surface area contributed by atoms with Crippen molar-refractivity contribution in [3.05, 3.63) is 311 Å². The third-order valence-electron chi connectivity index (χ3n) is 22.1.